The number of rotatable bonds is 6. The summed E-state index contributed by atoms with van der Waals surface area (Å²) in [6.07, 6.45) is 4.86. The predicted molar refractivity (Wildman–Crippen MR) is 105 cm³/mol. The van der Waals surface area contributed by atoms with Crippen molar-refractivity contribution in [3.8, 4) is 0 Å². The molecule has 0 bridgehead atoms. The molecule has 0 unspecified atom stereocenters. The van der Waals surface area contributed by atoms with E-state index >= 15 is 0 Å². The van der Waals surface area contributed by atoms with Gasteiger partial charge < -0.3 is 10.6 Å². The first-order valence-electron chi connectivity index (χ1n) is 9.71. The third kappa shape index (κ3) is 4.86. The first-order chi connectivity index (χ1) is 12.3. The van der Waals surface area contributed by atoms with Gasteiger partial charge >= 0.3 is 0 Å². The van der Waals surface area contributed by atoms with Crippen LogP contribution in [-0.2, 0) is 22.6 Å². The van der Waals surface area contributed by atoms with Crippen LogP contribution < -0.4 is 5.73 Å². The van der Waals surface area contributed by atoms with E-state index in [9.17, 15) is 9.59 Å². The monoisotopic (exact) mass is 377 g/mol. The lowest BCUT2D eigenvalue weighted by atomic mass is 9.72. The van der Waals surface area contributed by atoms with Crippen molar-refractivity contribution >= 4 is 23.2 Å². The second kappa shape index (κ2) is 8.09. The number of hydrogen-bond donors (Lipinski definition) is 1. The summed E-state index contributed by atoms with van der Waals surface area (Å²) in [6, 6.07) is 4.56. The van der Waals surface area contributed by atoms with Crippen molar-refractivity contribution in [1.82, 2.24) is 9.80 Å². The topological polar surface area (TPSA) is 66.6 Å². The normalized spacial score (nSPS) is 20.9. The van der Waals surface area contributed by atoms with Gasteiger partial charge in [-0.05, 0) is 62.2 Å². The molecular formula is C20H31N3O2S. The fraction of sp³-hybridized carbons (Fsp3) is 0.700. The highest BCUT2D eigenvalue weighted by molar-refractivity contribution is 7.11. The molecule has 2 N–H and O–H groups in total. The van der Waals surface area contributed by atoms with E-state index in [4.69, 9.17) is 5.73 Å². The molecule has 0 atom stereocenters. The number of nitrogens with zero attached hydrogens (tertiary/aromatic N) is 2. The van der Waals surface area contributed by atoms with Crippen LogP contribution in [-0.4, -0.2) is 47.8 Å². The average Bonchev–Trinajstić information content (AvgIpc) is 2.99. The summed E-state index contributed by atoms with van der Waals surface area (Å²) >= 11 is 1.94. The zero-order chi connectivity index (χ0) is 18.7. The number of nitrogens with two attached hydrogens (primary N) is 1. The number of hydrogen-bond acceptors (Lipinski definition) is 4. The Hall–Kier alpha value is -1.40. The van der Waals surface area contributed by atoms with Crippen molar-refractivity contribution in [3.05, 3.63) is 21.9 Å². The molecule has 3 heterocycles. The van der Waals surface area contributed by atoms with Crippen LogP contribution >= 0.6 is 11.3 Å². The number of amides is 2. The fourth-order valence-corrected chi connectivity index (χ4v) is 5.54. The van der Waals surface area contributed by atoms with Gasteiger partial charge in [0.05, 0.1) is 6.54 Å². The highest BCUT2D eigenvalue weighted by Crippen LogP contribution is 2.40. The van der Waals surface area contributed by atoms with Crippen LogP contribution in [0.15, 0.2) is 12.1 Å². The Morgan fingerprint density at radius 3 is 2.58 bits per heavy atom. The minimum Gasteiger partial charge on any atom is -0.368 e. The highest BCUT2D eigenvalue weighted by atomic mass is 32.1. The Kier molecular flexibility index (Phi) is 6.03. The zero-order valence-electron chi connectivity index (χ0n) is 16.0. The summed E-state index contributed by atoms with van der Waals surface area (Å²) in [5, 5.41) is 0. The molecule has 2 amide bonds. The van der Waals surface area contributed by atoms with Gasteiger partial charge in [0, 0.05) is 29.3 Å². The maximum Gasteiger partial charge on any atom is 0.237 e. The van der Waals surface area contributed by atoms with Crippen LogP contribution in [0.4, 0.5) is 0 Å². The number of carbonyl (C=O) groups excluding carboxylic acids is 2. The zero-order valence-corrected chi connectivity index (χ0v) is 16.8. The second-order valence-corrected chi connectivity index (χ2v) is 9.71. The van der Waals surface area contributed by atoms with Gasteiger partial charge in [0.15, 0.2) is 0 Å². The summed E-state index contributed by atoms with van der Waals surface area (Å²) in [7, 11) is 0. The van der Waals surface area contributed by atoms with E-state index in [0.717, 1.165) is 45.3 Å². The van der Waals surface area contributed by atoms with Crippen LogP contribution in [0, 0.1) is 11.3 Å². The third-order valence-electron chi connectivity index (χ3n) is 5.72. The molecule has 0 aromatic carbocycles. The quantitative estimate of drug-likeness (QED) is 0.829. The van der Waals surface area contributed by atoms with E-state index in [2.05, 4.69) is 30.9 Å². The third-order valence-corrected chi connectivity index (χ3v) is 6.81. The summed E-state index contributed by atoms with van der Waals surface area (Å²) in [4.78, 5) is 30.4. The Labute approximate surface area is 160 Å². The molecule has 0 saturated carbocycles. The summed E-state index contributed by atoms with van der Waals surface area (Å²) < 4.78 is 0. The first-order valence-corrected chi connectivity index (χ1v) is 10.5. The van der Waals surface area contributed by atoms with Gasteiger partial charge in [0.1, 0.15) is 0 Å². The van der Waals surface area contributed by atoms with Crippen LogP contribution in [0.3, 0.4) is 0 Å². The molecule has 1 aromatic heterocycles. The van der Waals surface area contributed by atoms with Gasteiger partial charge in [-0.3, -0.25) is 14.5 Å². The van der Waals surface area contributed by atoms with E-state index in [1.165, 1.54) is 9.75 Å². The molecule has 2 fully saturated rings. The lowest BCUT2D eigenvalue weighted by Gasteiger charge is -2.47. The lowest BCUT2D eigenvalue weighted by molar-refractivity contribution is -0.142. The highest BCUT2D eigenvalue weighted by Gasteiger charge is 2.41. The Morgan fingerprint density at radius 1 is 1.23 bits per heavy atom. The maximum absolute atomic E-state index is 12.0. The molecule has 6 heteroatoms. The molecule has 26 heavy (non-hydrogen) atoms. The Bertz CT molecular complexity index is 647. The largest absolute Gasteiger partial charge is 0.368 e. The van der Waals surface area contributed by atoms with E-state index < -0.39 is 5.91 Å². The van der Waals surface area contributed by atoms with Crippen molar-refractivity contribution in [1.29, 1.82) is 0 Å². The van der Waals surface area contributed by atoms with Gasteiger partial charge in [0.2, 0.25) is 11.8 Å². The molecule has 1 aromatic rings. The average molecular weight is 378 g/mol. The van der Waals surface area contributed by atoms with Crippen LogP contribution in [0.1, 0.15) is 49.3 Å². The minimum atomic E-state index is -0.414. The van der Waals surface area contributed by atoms with E-state index in [1.54, 1.807) is 4.90 Å². The first kappa shape index (κ1) is 19.4. The van der Waals surface area contributed by atoms with Gasteiger partial charge in [-0.25, -0.2) is 0 Å². The molecule has 2 aliphatic rings. The molecule has 1 spiro atoms. The minimum absolute atomic E-state index is 0.0676. The summed E-state index contributed by atoms with van der Waals surface area (Å²) in [5.41, 5.74) is 5.48. The molecule has 5 nitrogen and oxygen atoms in total. The molecule has 0 aliphatic carbocycles. The van der Waals surface area contributed by atoms with Crippen molar-refractivity contribution in [2.45, 2.75) is 52.5 Å². The molecular weight excluding hydrogens is 346 g/mol. The van der Waals surface area contributed by atoms with Gasteiger partial charge in [0.25, 0.3) is 0 Å². The van der Waals surface area contributed by atoms with Crippen molar-refractivity contribution in [2.24, 2.45) is 17.1 Å². The fourth-order valence-electron chi connectivity index (χ4n) is 4.27. The molecule has 0 radical (unpaired) electrons. The van der Waals surface area contributed by atoms with E-state index in [0.29, 0.717) is 18.9 Å². The van der Waals surface area contributed by atoms with Gasteiger partial charge in [-0.15, -0.1) is 11.3 Å². The molecule has 2 saturated heterocycles. The lowest BCUT2D eigenvalue weighted by Crippen LogP contribution is -2.53. The Balaban J connectivity index is 1.53. The number of likely N-dealkylation sites (tertiary alicyclic amines) is 2. The molecule has 2 aliphatic heterocycles. The number of piperidine rings is 2. The van der Waals surface area contributed by atoms with Gasteiger partial charge in [-0.2, -0.15) is 0 Å². The Morgan fingerprint density at radius 2 is 1.92 bits per heavy atom. The SMILES string of the molecule is CC(C)Cc1ccc(CN2CCC3(CCC(=O)N(CC(N)=O)C3)CC2)s1. The van der Waals surface area contributed by atoms with Crippen molar-refractivity contribution in [2.75, 3.05) is 26.2 Å². The van der Waals surface area contributed by atoms with Crippen molar-refractivity contribution < 1.29 is 9.59 Å². The van der Waals surface area contributed by atoms with Crippen LogP contribution in [0.2, 0.25) is 0 Å². The van der Waals surface area contributed by atoms with E-state index in [1.807, 2.05) is 11.3 Å². The van der Waals surface area contributed by atoms with Crippen molar-refractivity contribution in [3.63, 3.8) is 0 Å². The van der Waals surface area contributed by atoms with Crippen LogP contribution in [0.5, 0.6) is 0 Å². The number of thiophene rings is 1. The maximum atomic E-state index is 12.0. The predicted octanol–water partition coefficient (Wildman–Crippen LogP) is 2.64. The molecule has 144 valence electrons. The van der Waals surface area contributed by atoms with E-state index in [-0.39, 0.29) is 17.9 Å². The van der Waals surface area contributed by atoms with Gasteiger partial charge in [-0.1, -0.05) is 13.8 Å². The summed E-state index contributed by atoms with van der Waals surface area (Å²) in [5.74, 6) is 0.365. The summed E-state index contributed by atoms with van der Waals surface area (Å²) in [6.45, 7) is 8.45. The number of carbonyl (C=O) groups is 2. The standard InChI is InChI=1S/C20H31N3O2S/c1-15(2)11-16-3-4-17(26-16)12-22-9-7-20(8-10-22)6-5-19(25)23(14-20)13-18(21)24/h3-4,15H,5-14H2,1-2H3,(H2,21,24). The van der Waals surface area contributed by atoms with Crippen LogP contribution in [0.25, 0.3) is 0 Å². The number of primary amides is 1. The second-order valence-electron chi connectivity index (χ2n) is 8.46. The smallest absolute Gasteiger partial charge is 0.237 e. The molecule has 3 rings (SSSR count).